The molecule has 0 spiro atoms. The van der Waals surface area contributed by atoms with E-state index in [1.165, 1.54) is 19.3 Å². The number of carbonyl (C=O) groups is 1. The fourth-order valence-electron chi connectivity index (χ4n) is 2.42. The van der Waals surface area contributed by atoms with E-state index < -0.39 is 0 Å². The van der Waals surface area contributed by atoms with Gasteiger partial charge >= 0.3 is 0 Å². The van der Waals surface area contributed by atoms with E-state index in [9.17, 15) is 4.79 Å². The van der Waals surface area contributed by atoms with Gasteiger partial charge in [-0.05, 0) is 43.9 Å². The van der Waals surface area contributed by atoms with Gasteiger partial charge in [-0.1, -0.05) is 19.1 Å². The standard InChI is InChI=1S/C14H23NO/c1-2-9-15(11-13-7-8-13)14(16)10-12-5-3-4-6-12/h3,5,12-13H,2,4,6-11H2,1H3. The Kier molecular flexibility index (Phi) is 4.03. The van der Waals surface area contributed by atoms with Gasteiger partial charge in [0, 0.05) is 19.5 Å². The molecule has 0 N–H and O–H groups in total. The van der Waals surface area contributed by atoms with Crippen LogP contribution in [0.5, 0.6) is 0 Å². The monoisotopic (exact) mass is 221 g/mol. The van der Waals surface area contributed by atoms with E-state index in [0.717, 1.165) is 38.3 Å². The van der Waals surface area contributed by atoms with E-state index >= 15 is 0 Å². The number of rotatable bonds is 6. The Hall–Kier alpha value is -0.790. The molecule has 0 bridgehead atoms. The van der Waals surface area contributed by atoms with Crippen molar-refractivity contribution in [1.82, 2.24) is 4.90 Å². The molecule has 1 unspecified atom stereocenters. The van der Waals surface area contributed by atoms with Crippen LogP contribution in [0.25, 0.3) is 0 Å². The molecule has 2 nitrogen and oxygen atoms in total. The van der Waals surface area contributed by atoms with Crippen LogP contribution in [0.4, 0.5) is 0 Å². The number of carbonyl (C=O) groups excluding carboxylic acids is 1. The summed E-state index contributed by atoms with van der Waals surface area (Å²) in [6.07, 6.45) is 11.3. The molecule has 1 saturated carbocycles. The van der Waals surface area contributed by atoms with Crippen LogP contribution in [0.15, 0.2) is 12.2 Å². The molecule has 0 saturated heterocycles. The normalized spacial score (nSPS) is 23.7. The lowest BCUT2D eigenvalue weighted by atomic mass is 10.0. The highest BCUT2D eigenvalue weighted by atomic mass is 16.2. The Morgan fingerprint density at radius 1 is 1.38 bits per heavy atom. The third kappa shape index (κ3) is 3.36. The molecule has 0 aromatic carbocycles. The molecule has 0 aromatic heterocycles. The van der Waals surface area contributed by atoms with Gasteiger partial charge in [-0.3, -0.25) is 4.79 Å². The molecule has 0 radical (unpaired) electrons. The summed E-state index contributed by atoms with van der Waals surface area (Å²) in [6.45, 7) is 4.12. The highest BCUT2D eigenvalue weighted by molar-refractivity contribution is 5.76. The van der Waals surface area contributed by atoms with E-state index in [1.807, 2.05) is 0 Å². The van der Waals surface area contributed by atoms with E-state index in [4.69, 9.17) is 0 Å². The number of hydrogen-bond acceptors (Lipinski definition) is 1. The zero-order chi connectivity index (χ0) is 11.4. The zero-order valence-corrected chi connectivity index (χ0v) is 10.3. The number of allylic oxidation sites excluding steroid dienone is 2. The van der Waals surface area contributed by atoms with Crippen molar-refractivity contribution in [2.75, 3.05) is 13.1 Å². The summed E-state index contributed by atoms with van der Waals surface area (Å²) in [6, 6.07) is 0. The summed E-state index contributed by atoms with van der Waals surface area (Å²) in [5.74, 6) is 1.71. The summed E-state index contributed by atoms with van der Waals surface area (Å²) in [5, 5.41) is 0. The van der Waals surface area contributed by atoms with Crippen molar-refractivity contribution in [2.45, 2.75) is 45.4 Å². The SMILES string of the molecule is CCCN(CC1CC1)C(=O)CC1C=CCC1. The molecular weight excluding hydrogens is 198 g/mol. The van der Waals surface area contributed by atoms with Gasteiger partial charge in [0.1, 0.15) is 0 Å². The lowest BCUT2D eigenvalue weighted by Crippen LogP contribution is -2.34. The minimum absolute atomic E-state index is 0.380. The van der Waals surface area contributed by atoms with Gasteiger partial charge in [0.25, 0.3) is 0 Å². The number of nitrogens with zero attached hydrogens (tertiary/aromatic N) is 1. The van der Waals surface area contributed by atoms with Gasteiger partial charge in [-0.15, -0.1) is 0 Å². The van der Waals surface area contributed by atoms with Gasteiger partial charge in [0.15, 0.2) is 0 Å². The molecule has 2 rings (SSSR count). The number of amides is 1. The third-order valence-electron chi connectivity index (χ3n) is 3.57. The fraction of sp³-hybridized carbons (Fsp3) is 0.786. The largest absolute Gasteiger partial charge is 0.342 e. The van der Waals surface area contributed by atoms with Crippen LogP contribution in [0.1, 0.15) is 45.4 Å². The molecule has 2 heteroatoms. The summed E-state index contributed by atoms with van der Waals surface area (Å²) in [4.78, 5) is 14.2. The minimum atomic E-state index is 0.380. The Balaban J connectivity index is 1.79. The molecule has 1 amide bonds. The van der Waals surface area contributed by atoms with Crippen LogP contribution < -0.4 is 0 Å². The van der Waals surface area contributed by atoms with Gasteiger partial charge in [0.05, 0.1) is 0 Å². The summed E-state index contributed by atoms with van der Waals surface area (Å²) < 4.78 is 0. The highest BCUT2D eigenvalue weighted by Crippen LogP contribution is 2.30. The van der Waals surface area contributed by atoms with Gasteiger partial charge in [0.2, 0.25) is 5.91 Å². The van der Waals surface area contributed by atoms with Gasteiger partial charge in [-0.2, -0.15) is 0 Å². The second-order valence-corrected chi connectivity index (χ2v) is 5.25. The van der Waals surface area contributed by atoms with E-state index in [0.29, 0.717) is 11.8 Å². The minimum Gasteiger partial charge on any atom is -0.342 e. The maximum atomic E-state index is 12.1. The van der Waals surface area contributed by atoms with Crippen molar-refractivity contribution in [3.05, 3.63) is 12.2 Å². The average Bonchev–Trinajstić information content (AvgIpc) is 2.94. The second kappa shape index (κ2) is 5.51. The highest BCUT2D eigenvalue weighted by Gasteiger charge is 2.27. The topological polar surface area (TPSA) is 20.3 Å². The molecule has 0 heterocycles. The van der Waals surface area contributed by atoms with Crippen LogP contribution in [0.3, 0.4) is 0 Å². The molecule has 1 atom stereocenters. The maximum Gasteiger partial charge on any atom is 0.223 e. The fourth-order valence-corrected chi connectivity index (χ4v) is 2.42. The second-order valence-electron chi connectivity index (χ2n) is 5.25. The smallest absolute Gasteiger partial charge is 0.223 e. The first-order valence-corrected chi connectivity index (χ1v) is 6.74. The summed E-state index contributed by atoms with van der Waals surface area (Å²) in [7, 11) is 0. The zero-order valence-electron chi connectivity index (χ0n) is 10.3. The predicted molar refractivity (Wildman–Crippen MR) is 66.1 cm³/mol. The Bertz CT molecular complexity index is 268. The first kappa shape index (κ1) is 11.7. The summed E-state index contributed by atoms with van der Waals surface area (Å²) >= 11 is 0. The molecular formula is C14H23NO. The first-order valence-electron chi connectivity index (χ1n) is 6.74. The Morgan fingerprint density at radius 2 is 2.19 bits per heavy atom. The predicted octanol–water partition coefficient (Wildman–Crippen LogP) is 2.99. The van der Waals surface area contributed by atoms with Crippen molar-refractivity contribution in [2.24, 2.45) is 11.8 Å². The van der Waals surface area contributed by atoms with Gasteiger partial charge in [-0.25, -0.2) is 0 Å². The molecule has 16 heavy (non-hydrogen) atoms. The molecule has 1 fully saturated rings. The van der Waals surface area contributed by atoms with Crippen LogP contribution in [-0.2, 0) is 4.79 Å². The lowest BCUT2D eigenvalue weighted by molar-refractivity contribution is -0.132. The van der Waals surface area contributed by atoms with Crippen LogP contribution in [0, 0.1) is 11.8 Å². The van der Waals surface area contributed by atoms with E-state index in [2.05, 4.69) is 24.0 Å². The van der Waals surface area contributed by atoms with Crippen LogP contribution >= 0.6 is 0 Å². The first-order chi connectivity index (χ1) is 7.79. The van der Waals surface area contributed by atoms with Crippen molar-refractivity contribution in [3.63, 3.8) is 0 Å². The molecule has 2 aliphatic carbocycles. The van der Waals surface area contributed by atoms with Crippen molar-refractivity contribution in [3.8, 4) is 0 Å². The maximum absolute atomic E-state index is 12.1. The quantitative estimate of drug-likeness (QED) is 0.631. The van der Waals surface area contributed by atoms with Crippen molar-refractivity contribution >= 4 is 5.91 Å². The Morgan fingerprint density at radius 3 is 2.75 bits per heavy atom. The van der Waals surface area contributed by atoms with Crippen LogP contribution in [0.2, 0.25) is 0 Å². The number of hydrogen-bond donors (Lipinski definition) is 0. The molecule has 0 aromatic rings. The molecule has 0 aliphatic heterocycles. The van der Waals surface area contributed by atoms with Crippen molar-refractivity contribution in [1.29, 1.82) is 0 Å². The van der Waals surface area contributed by atoms with Crippen LogP contribution in [-0.4, -0.2) is 23.9 Å². The van der Waals surface area contributed by atoms with E-state index in [-0.39, 0.29) is 0 Å². The summed E-state index contributed by atoms with van der Waals surface area (Å²) in [5.41, 5.74) is 0. The Labute approximate surface area is 98.7 Å². The molecule has 2 aliphatic rings. The van der Waals surface area contributed by atoms with E-state index in [1.54, 1.807) is 0 Å². The third-order valence-corrected chi connectivity index (χ3v) is 3.57. The lowest BCUT2D eigenvalue weighted by Gasteiger charge is -2.23. The molecule has 90 valence electrons. The van der Waals surface area contributed by atoms with Gasteiger partial charge < -0.3 is 4.90 Å². The van der Waals surface area contributed by atoms with Crippen molar-refractivity contribution < 1.29 is 4.79 Å². The average molecular weight is 221 g/mol.